The van der Waals surface area contributed by atoms with Gasteiger partial charge in [0.2, 0.25) is 0 Å². The second-order valence-electron chi connectivity index (χ2n) is 4.88. The fraction of sp³-hybridized carbons (Fsp3) is 0.667. The third-order valence-corrected chi connectivity index (χ3v) is 3.18. The van der Waals surface area contributed by atoms with Crippen LogP contribution in [-0.4, -0.2) is 24.6 Å². The van der Waals surface area contributed by atoms with Gasteiger partial charge in [0.25, 0.3) is 0 Å². The van der Waals surface area contributed by atoms with Gasteiger partial charge in [0.1, 0.15) is 5.01 Å². The number of ether oxygens (including phenoxy) is 1. The maximum Gasteiger partial charge on any atom is 0.306 e. The minimum Gasteiger partial charge on any atom is -0.469 e. The number of esters is 1. The molecule has 0 amide bonds. The number of nitrogens with zero attached hydrogens (tertiary/aromatic N) is 1. The number of aromatic nitrogens is 1. The predicted molar refractivity (Wildman–Crippen MR) is 69.2 cm³/mol. The van der Waals surface area contributed by atoms with Crippen molar-refractivity contribution in [2.45, 2.75) is 39.2 Å². The van der Waals surface area contributed by atoms with Crippen LogP contribution in [0.3, 0.4) is 0 Å². The Hall–Kier alpha value is -0.940. The highest BCUT2D eigenvalue weighted by atomic mass is 32.1. The van der Waals surface area contributed by atoms with E-state index in [4.69, 9.17) is 0 Å². The van der Waals surface area contributed by atoms with Crippen molar-refractivity contribution in [1.29, 1.82) is 0 Å². The lowest BCUT2D eigenvalue weighted by atomic mass is 9.93. The fourth-order valence-corrected chi connectivity index (χ4v) is 2.21. The molecule has 0 aromatic carbocycles. The van der Waals surface area contributed by atoms with Crippen molar-refractivity contribution in [2.24, 2.45) is 0 Å². The number of hydrogen-bond acceptors (Lipinski definition) is 5. The molecule has 4 nitrogen and oxygen atoms in total. The Bertz CT molecular complexity index is 369. The van der Waals surface area contributed by atoms with Crippen LogP contribution in [0.15, 0.2) is 5.38 Å². The summed E-state index contributed by atoms with van der Waals surface area (Å²) in [7, 11) is 1.40. The number of rotatable bonds is 5. The molecule has 1 heterocycles. The SMILES string of the molecule is COC(=O)CCNCc1nc(C(C)(C)C)cs1. The number of carbonyl (C=O) groups excluding carboxylic acids is 1. The zero-order valence-electron chi connectivity index (χ0n) is 10.9. The van der Waals surface area contributed by atoms with Gasteiger partial charge >= 0.3 is 5.97 Å². The molecule has 0 radical (unpaired) electrons. The monoisotopic (exact) mass is 256 g/mol. The number of methoxy groups -OCH3 is 1. The zero-order valence-corrected chi connectivity index (χ0v) is 11.7. The van der Waals surface area contributed by atoms with Crippen LogP contribution in [0.1, 0.15) is 37.9 Å². The first kappa shape index (κ1) is 14.1. The van der Waals surface area contributed by atoms with Gasteiger partial charge in [0, 0.05) is 23.9 Å². The molecule has 5 heteroatoms. The van der Waals surface area contributed by atoms with Crippen molar-refractivity contribution in [3.63, 3.8) is 0 Å². The molecule has 1 rings (SSSR count). The van der Waals surface area contributed by atoms with E-state index in [0.717, 1.165) is 10.7 Å². The van der Waals surface area contributed by atoms with Gasteiger partial charge in [-0.05, 0) is 0 Å². The second kappa shape index (κ2) is 6.12. The summed E-state index contributed by atoms with van der Waals surface area (Å²) in [5.41, 5.74) is 1.22. The molecule has 0 aliphatic carbocycles. The highest BCUT2D eigenvalue weighted by Gasteiger charge is 2.17. The molecule has 17 heavy (non-hydrogen) atoms. The highest BCUT2D eigenvalue weighted by molar-refractivity contribution is 7.09. The lowest BCUT2D eigenvalue weighted by Gasteiger charge is -2.14. The molecule has 0 aliphatic rings. The van der Waals surface area contributed by atoms with Crippen LogP contribution in [0, 0.1) is 0 Å². The zero-order chi connectivity index (χ0) is 12.9. The van der Waals surface area contributed by atoms with Crippen molar-refractivity contribution in [3.8, 4) is 0 Å². The highest BCUT2D eigenvalue weighted by Crippen LogP contribution is 2.23. The lowest BCUT2D eigenvalue weighted by molar-refractivity contribution is -0.140. The molecule has 96 valence electrons. The molecule has 0 fully saturated rings. The maximum absolute atomic E-state index is 10.9. The summed E-state index contributed by atoms with van der Waals surface area (Å²) >= 11 is 1.65. The smallest absolute Gasteiger partial charge is 0.306 e. The summed E-state index contributed by atoms with van der Waals surface area (Å²) in [5, 5.41) is 6.33. The average molecular weight is 256 g/mol. The van der Waals surface area contributed by atoms with Gasteiger partial charge in [-0.1, -0.05) is 20.8 Å². The van der Waals surface area contributed by atoms with Crippen LogP contribution in [-0.2, 0) is 21.5 Å². The largest absolute Gasteiger partial charge is 0.469 e. The van der Waals surface area contributed by atoms with Crippen LogP contribution in [0.25, 0.3) is 0 Å². The molecule has 0 saturated heterocycles. The molecule has 1 aromatic rings. The summed E-state index contributed by atoms with van der Waals surface area (Å²) in [5.74, 6) is -0.188. The first-order valence-corrected chi connectivity index (χ1v) is 6.54. The van der Waals surface area contributed by atoms with Crippen molar-refractivity contribution < 1.29 is 9.53 Å². The summed E-state index contributed by atoms with van der Waals surface area (Å²) in [6, 6.07) is 0. The molecule has 0 aliphatic heterocycles. The van der Waals surface area contributed by atoms with E-state index in [-0.39, 0.29) is 11.4 Å². The topological polar surface area (TPSA) is 51.2 Å². The summed E-state index contributed by atoms with van der Waals surface area (Å²) in [6.07, 6.45) is 0.397. The van der Waals surface area contributed by atoms with E-state index in [0.29, 0.717) is 19.5 Å². The van der Waals surface area contributed by atoms with Crippen molar-refractivity contribution in [1.82, 2.24) is 10.3 Å². The summed E-state index contributed by atoms with van der Waals surface area (Å²) in [6.45, 7) is 7.78. The number of nitrogens with one attached hydrogen (secondary N) is 1. The average Bonchev–Trinajstić information content (AvgIpc) is 2.72. The minimum absolute atomic E-state index is 0.0980. The third kappa shape index (κ3) is 4.83. The Balaban J connectivity index is 2.33. The van der Waals surface area contributed by atoms with E-state index in [1.54, 1.807) is 11.3 Å². The Kier molecular flexibility index (Phi) is 5.08. The van der Waals surface area contributed by atoms with Crippen LogP contribution in [0.5, 0.6) is 0 Å². The molecule has 0 saturated carbocycles. The van der Waals surface area contributed by atoms with E-state index in [2.05, 4.69) is 41.2 Å². The van der Waals surface area contributed by atoms with Gasteiger partial charge in [0.05, 0.1) is 19.2 Å². The van der Waals surface area contributed by atoms with Gasteiger partial charge in [-0.25, -0.2) is 4.98 Å². The Morgan fingerprint density at radius 2 is 2.24 bits per heavy atom. The lowest BCUT2D eigenvalue weighted by Crippen LogP contribution is -2.18. The normalized spacial score (nSPS) is 11.5. The first-order valence-electron chi connectivity index (χ1n) is 5.66. The van der Waals surface area contributed by atoms with Crippen LogP contribution in [0.2, 0.25) is 0 Å². The number of carbonyl (C=O) groups is 1. The van der Waals surface area contributed by atoms with Gasteiger partial charge in [-0.2, -0.15) is 0 Å². The van der Waals surface area contributed by atoms with Crippen molar-refractivity contribution in [2.75, 3.05) is 13.7 Å². The van der Waals surface area contributed by atoms with Crippen molar-refractivity contribution >= 4 is 17.3 Å². The molecule has 1 aromatic heterocycles. The van der Waals surface area contributed by atoms with Crippen LogP contribution >= 0.6 is 11.3 Å². The quantitative estimate of drug-likeness (QED) is 0.647. The number of thiazole rings is 1. The van der Waals surface area contributed by atoms with Gasteiger partial charge in [-0.3, -0.25) is 4.79 Å². The molecule has 0 unspecified atom stereocenters. The standard InChI is InChI=1S/C12H20N2O2S/c1-12(2,3)9-8-17-10(14-9)7-13-6-5-11(15)16-4/h8,13H,5-7H2,1-4H3. The Morgan fingerprint density at radius 1 is 1.53 bits per heavy atom. The van der Waals surface area contributed by atoms with E-state index < -0.39 is 0 Å². The van der Waals surface area contributed by atoms with E-state index >= 15 is 0 Å². The van der Waals surface area contributed by atoms with Crippen LogP contribution in [0.4, 0.5) is 0 Å². The van der Waals surface area contributed by atoms with E-state index in [1.807, 2.05) is 0 Å². The number of hydrogen-bond donors (Lipinski definition) is 1. The van der Waals surface area contributed by atoms with Gasteiger partial charge in [0.15, 0.2) is 0 Å². The Labute approximate surface area is 106 Å². The van der Waals surface area contributed by atoms with Gasteiger partial charge in [-0.15, -0.1) is 11.3 Å². The van der Waals surface area contributed by atoms with Gasteiger partial charge < -0.3 is 10.1 Å². The van der Waals surface area contributed by atoms with Crippen molar-refractivity contribution in [3.05, 3.63) is 16.1 Å². The molecule has 0 atom stereocenters. The van der Waals surface area contributed by atoms with E-state index in [9.17, 15) is 4.79 Å². The third-order valence-electron chi connectivity index (χ3n) is 2.33. The van der Waals surface area contributed by atoms with Crippen LogP contribution < -0.4 is 5.32 Å². The molecular weight excluding hydrogens is 236 g/mol. The Morgan fingerprint density at radius 3 is 2.76 bits per heavy atom. The second-order valence-corrected chi connectivity index (χ2v) is 5.82. The van der Waals surface area contributed by atoms with E-state index in [1.165, 1.54) is 7.11 Å². The molecular formula is C12H20N2O2S. The summed E-state index contributed by atoms with van der Waals surface area (Å²) in [4.78, 5) is 15.4. The maximum atomic E-state index is 10.9. The summed E-state index contributed by atoms with van der Waals surface area (Å²) < 4.78 is 4.56. The fourth-order valence-electron chi connectivity index (χ4n) is 1.22. The predicted octanol–water partition coefficient (Wildman–Crippen LogP) is 2.09. The molecule has 0 bridgehead atoms. The molecule has 1 N–H and O–H groups in total. The molecule has 0 spiro atoms. The first-order chi connectivity index (χ1) is 7.93. The minimum atomic E-state index is -0.188.